The van der Waals surface area contributed by atoms with Crippen LogP contribution in [0.4, 0.5) is 14.5 Å². The predicted octanol–water partition coefficient (Wildman–Crippen LogP) is 1.05. The number of carbonyl (C=O) groups is 2. The van der Waals surface area contributed by atoms with Gasteiger partial charge in [0.2, 0.25) is 11.8 Å². The van der Waals surface area contributed by atoms with Crippen molar-refractivity contribution in [2.75, 3.05) is 24.7 Å². The number of halogens is 2. The van der Waals surface area contributed by atoms with Gasteiger partial charge in [-0.15, -0.1) is 0 Å². The molecule has 0 aromatic heterocycles. The molecule has 0 spiro atoms. The SMILES string of the molecule is CS(=O)(=O)c1cc(F)c(NC2CCCN([C@H]3CCNC(=O)C3)C2=O)cc1F. The number of likely N-dealkylation sites (tertiary alicyclic amines) is 1. The van der Waals surface area contributed by atoms with Crippen molar-refractivity contribution < 1.29 is 26.8 Å². The van der Waals surface area contributed by atoms with Crippen LogP contribution in [0.5, 0.6) is 0 Å². The van der Waals surface area contributed by atoms with E-state index in [1.807, 2.05) is 0 Å². The fourth-order valence-corrected chi connectivity index (χ4v) is 4.27. The summed E-state index contributed by atoms with van der Waals surface area (Å²) in [4.78, 5) is 25.3. The third kappa shape index (κ3) is 4.20. The Morgan fingerprint density at radius 2 is 1.93 bits per heavy atom. The summed E-state index contributed by atoms with van der Waals surface area (Å²) in [6.45, 7) is 1.01. The van der Waals surface area contributed by atoms with Gasteiger partial charge < -0.3 is 15.5 Å². The Morgan fingerprint density at radius 3 is 2.59 bits per heavy atom. The second-order valence-electron chi connectivity index (χ2n) is 6.90. The molecule has 2 amide bonds. The van der Waals surface area contributed by atoms with E-state index >= 15 is 0 Å². The van der Waals surface area contributed by atoms with Crippen molar-refractivity contribution in [3.63, 3.8) is 0 Å². The Kier molecular flexibility index (Phi) is 5.36. The number of hydrogen-bond donors (Lipinski definition) is 2. The molecular weight excluding hydrogens is 380 g/mol. The molecular formula is C17H21F2N3O4S. The van der Waals surface area contributed by atoms with Gasteiger partial charge in [-0.2, -0.15) is 0 Å². The van der Waals surface area contributed by atoms with Crippen LogP contribution in [0.2, 0.25) is 0 Å². The Labute approximate surface area is 156 Å². The first-order valence-corrected chi connectivity index (χ1v) is 10.6. The molecule has 2 aliphatic heterocycles. The van der Waals surface area contributed by atoms with Crippen molar-refractivity contribution in [2.45, 2.75) is 42.7 Å². The Hall–Kier alpha value is -2.23. The zero-order chi connectivity index (χ0) is 19.8. The lowest BCUT2D eigenvalue weighted by atomic mass is 9.97. The third-order valence-corrected chi connectivity index (χ3v) is 6.00. The first-order chi connectivity index (χ1) is 12.7. The smallest absolute Gasteiger partial charge is 0.245 e. The van der Waals surface area contributed by atoms with E-state index in [1.54, 1.807) is 4.90 Å². The van der Waals surface area contributed by atoms with E-state index in [4.69, 9.17) is 0 Å². The average molecular weight is 401 g/mol. The lowest BCUT2D eigenvalue weighted by molar-refractivity contribution is -0.139. The van der Waals surface area contributed by atoms with Crippen LogP contribution in [0.1, 0.15) is 25.7 Å². The highest BCUT2D eigenvalue weighted by molar-refractivity contribution is 7.90. The number of anilines is 1. The molecule has 0 aliphatic carbocycles. The number of benzene rings is 1. The molecule has 1 aromatic rings. The lowest BCUT2D eigenvalue weighted by Gasteiger charge is -2.39. The van der Waals surface area contributed by atoms with Crippen molar-refractivity contribution in [1.82, 2.24) is 10.2 Å². The van der Waals surface area contributed by atoms with Crippen molar-refractivity contribution in [2.24, 2.45) is 0 Å². The summed E-state index contributed by atoms with van der Waals surface area (Å²) in [6, 6.07) is 0.405. The van der Waals surface area contributed by atoms with E-state index in [0.717, 1.165) is 12.3 Å². The van der Waals surface area contributed by atoms with Gasteiger partial charge in [0.25, 0.3) is 0 Å². The molecule has 0 saturated carbocycles. The van der Waals surface area contributed by atoms with Crippen LogP contribution >= 0.6 is 0 Å². The molecule has 2 saturated heterocycles. The van der Waals surface area contributed by atoms with Crippen molar-refractivity contribution in [3.05, 3.63) is 23.8 Å². The Balaban J connectivity index is 1.78. The zero-order valence-corrected chi connectivity index (χ0v) is 15.6. The molecule has 1 unspecified atom stereocenters. The Bertz CT molecular complexity index is 875. The van der Waals surface area contributed by atoms with Gasteiger partial charge in [0.05, 0.1) is 5.69 Å². The largest absolute Gasteiger partial charge is 0.371 e. The minimum Gasteiger partial charge on any atom is -0.371 e. The van der Waals surface area contributed by atoms with E-state index in [9.17, 15) is 26.8 Å². The van der Waals surface area contributed by atoms with Gasteiger partial charge in [-0.3, -0.25) is 9.59 Å². The minimum atomic E-state index is -3.90. The molecule has 0 radical (unpaired) electrons. The average Bonchev–Trinajstić information content (AvgIpc) is 2.58. The van der Waals surface area contributed by atoms with Gasteiger partial charge in [0, 0.05) is 37.9 Å². The number of nitrogens with one attached hydrogen (secondary N) is 2. The summed E-state index contributed by atoms with van der Waals surface area (Å²) in [5.74, 6) is -2.41. The molecule has 3 rings (SSSR count). The number of hydrogen-bond acceptors (Lipinski definition) is 5. The molecule has 2 atom stereocenters. The van der Waals surface area contributed by atoms with Crippen LogP contribution < -0.4 is 10.6 Å². The van der Waals surface area contributed by atoms with Gasteiger partial charge in [-0.05, 0) is 25.3 Å². The molecule has 148 valence electrons. The molecule has 2 aliphatic rings. The lowest BCUT2D eigenvalue weighted by Crippen LogP contribution is -2.55. The molecule has 1 aromatic carbocycles. The molecule has 2 N–H and O–H groups in total. The van der Waals surface area contributed by atoms with Crippen LogP contribution in [0.25, 0.3) is 0 Å². The van der Waals surface area contributed by atoms with Crippen molar-refractivity contribution >= 4 is 27.3 Å². The summed E-state index contributed by atoms with van der Waals surface area (Å²) >= 11 is 0. The number of amides is 2. The number of piperidine rings is 2. The second kappa shape index (κ2) is 7.41. The van der Waals surface area contributed by atoms with E-state index < -0.39 is 32.4 Å². The highest BCUT2D eigenvalue weighted by Gasteiger charge is 2.35. The maximum Gasteiger partial charge on any atom is 0.245 e. The van der Waals surface area contributed by atoms with Crippen molar-refractivity contribution in [1.29, 1.82) is 0 Å². The maximum absolute atomic E-state index is 14.3. The first-order valence-electron chi connectivity index (χ1n) is 8.69. The van der Waals surface area contributed by atoms with Crippen molar-refractivity contribution in [3.8, 4) is 0 Å². The first kappa shape index (κ1) is 19.5. The monoisotopic (exact) mass is 401 g/mol. The number of sulfone groups is 1. The topological polar surface area (TPSA) is 95.6 Å². The quantitative estimate of drug-likeness (QED) is 0.786. The van der Waals surface area contributed by atoms with Gasteiger partial charge in [-0.1, -0.05) is 0 Å². The molecule has 27 heavy (non-hydrogen) atoms. The number of nitrogens with zero attached hydrogens (tertiary/aromatic N) is 1. The van der Waals surface area contributed by atoms with Gasteiger partial charge in [-0.25, -0.2) is 17.2 Å². The van der Waals surface area contributed by atoms with Crippen LogP contribution in [-0.2, 0) is 19.4 Å². The fraction of sp³-hybridized carbons (Fsp3) is 0.529. The minimum absolute atomic E-state index is 0.112. The van der Waals surface area contributed by atoms with E-state index in [1.165, 1.54) is 0 Å². The van der Waals surface area contributed by atoms with Crippen LogP contribution in [0, 0.1) is 11.6 Å². The molecule has 2 fully saturated rings. The molecule has 2 heterocycles. The predicted molar refractivity (Wildman–Crippen MR) is 93.9 cm³/mol. The van der Waals surface area contributed by atoms with Gasteiger partial charge in [0.15, 0.2) is 9.84 Å². The zero-order valence-electron chi connectivity index (χ0n) is 14.8. The summed E-state index contributed by atoms with van der Waals surface area (Å²) in [6.07, 6.45) is 2.76. The van der Waals surface area contributed by atoms with E-state index in [-0.39, 0.29) is 30.0 Å². The van der Waals surface area contributed by atoms with E-state index in [2.05, 4.69) is 10.6 Å². The van der Waals surface area contributed by atoms with Crippen LogP contribution in [0.15, 0.2) is 17.0 Å². The summed E-state index contributed by atoms with van der Waals surface area (Å²) in [5, 5.41) is 5.41. The highest BCUT2D eigenvalue weighted by Crippen LogP contribution is 2.27. The van der Waals surface area contributed by atoms with Crippen LogP contribution in [0.3, 0.4) is 0 Å². The van der Waals surface area contributed by atoms with E-state index in [0.29, 0.717) is 38.4 Å². The number of carbonyl (C=O) groups excluding carboxylic acids is 2. The summed E-state index contributed by atoms with van der Waals surface area (Å²) in [5.41, 5.74) is -0.263. The maximum atomic E-state index is 14.3. The van der Waals surface area contributed by atoms with Crippen LogP contribution in [-0.4, -0.2) is 56.6 Å². The van der Waals surface area contributed by atoms with Gasteiger partial charge in [0.1, 0.15) is 22.6 Å². The summed E-state index contributed by atoms with van der Waals surface area (Å²) in [7, 11) is -3.90. The van der Waals surface area contributed by atoms with Gasteiger partial charge >= 0.3 is 0 Å². The Morgan fingerprint density at radius 1 is 1.19 bits per heavy atom. The second-order valence-corrected chi connectivity index (χ2v) is 8.89. The number of rotatable bonds is 4. The molecule has 0 bridgehead atoms. The summed E-state index contributed by atoms with van der Waals surface area (Å²) < 4.78 is 51.3. The fourth-order valence-electron chi connectivity index (χ4n) is 3.54. The molecule has 7 nitrogen and oxygen atoms in total. The standard InChI is InChI=1S/C17H21F2N3O4S/c1-27(25,26)15-9-11(18)14(8-12(15)19)21-13-3-2-6-22(17(13)24)10-4-5-20-16(23)7-10/h8-10,13,21H,2-7H2,1H3,(H,20,23)/t10-,13?/m0/s1. The molecule has 10 heteroatoms. The third-order valence-electron chi connectivity index (χ3n) is 4.89. The normalized spacial score (nSPS) is 23.9. The highest BCUT2D eigenvalue weighted by atomic mass is 32.2.